The fourth-order valence-electron chi connectivity index (χ4n) is 1.63. The Morgan fingerprint density at radius 1 is 1.48 bits per heavy atom. The van der Waals surface area contributed by atoms with E-state index in [-0.39, 0.29) is 11.3 Å². The highest BCUT2D eigenvalue weighted by Crippen LogP contribution is 2.29. The number of para-hydroxylation sites is 1. The summed E-state index contributed by atoms with van der Waals surface area (Å²) in [5.74, 6) is 4.24. The Morgan fingerprint density at radius 2 is 2.10 bits per heavy atom. The summed E-state index contributed by atoms with van der Waals surface area (Å²) >= 11 is 0. The molecule has 0 aliphatic carbocycles. The lowest BCUT2D eigenvalue weighted by Crippen LogP contribution is -2.31. The molecule has 0 atom stereocenters. The number of nitrogens with two attached hydrogens (primary N) is 1. The van der Waals surface area contributed by atoms with Crippen molar-refractivity contribution in [1.29, 1.82) is 0 Å². The monoisotopic (exact) mass is 306 g/mol. The molecule has 1 amide bonds. The Balaban J connectivity index is 3.04. The van der Waals surface area contributed by atoms with E-state index in [2.05, 4.69) is 5.43 Å². The predicted molar refractivity (Wildman–Crippen MR) is 68.5 cm³/mol. The molecular formula is C11H13F3N4O3. The van der Waals surface area contributed by atoms with E-state index in [9.17, 15) is 28.1 Å². The molecule has 0 spiro atoms. The minimum absolute atomic E-state index is 0.102. The summed E-state index contributed by atoms with van der Waals surface area (Å²) in [6, 6.07) is 3.78. The molecule has 0 fully saturated rings. The van der Waals surface area contributed by atoms with Crippen molar-refractivity contribution in [3.05, 3.63) is 33.9 Å². The smallest absolute Gasteiger partial charge is 0.341 e. The highest BCUT2D eigenvalue weighted by atomic mass is 19.4. The maximum Gasteiger partial charge on any atom is 0.390 e. The summed E-state index contributed by atoms with van der Waals surface area (Å²) in [5, 5.41) is 11.0. The van der Waals surface area contributed by atoms with Gasteiger partial charge in [-0.2, -0.15) is 13.2 Å². The van der Waals surface area contributed by atoms with Crippen molar-refractivity contribution in [2.24, 2.45) is 5.84 Å². The van der Waals surface area contributed by atoms with Crippen LogP contribution in [0.2, 0.25) is 0 Å². The molecule has 0 aromatic heterocycles. The van der Waals surface area contributed by atoms with Gasteiger partial charge < -0.3 is 10.3 Å². The molecule has 1 aromatic carbocycles. The number of nitrogens with zero attached hydrogens (tertiary/aromatic N) is 2. The Morgan fingerprint density at radius 3 is 2.57 bits per heavy atom. The third-order valence-electron chi connectivity index (χ3n) is 2.68. The number of carbonyl (C=O) groups is 1. The number of nitro benzene ring substituents is 1. The summed E-state index contributed by atoms with van der Waals surface area (Å²) in [6.45, 7) is -0.597. The average molecular weight is 306 g/mol. The van der Waals surface area contributed by atoms with E-state index in [1.165, 1.54) is 12.1 Å². The molecular weight excluding hydrogens is 293 g/mol. The van der Waals surface area contributed by atoms with Crippen molar-refractivity contribution >= 4 is 17.3 Å². The molecule has 3 N–H and O–H groups in total. The van der Waals surface area contributed by atoms with Crippen LogP contribution in [0.3, 0.4) is 0 Å². The Labute approximate surface area is 117 Å². The number of hydrogen-bond donors (Lipinski definition) is 2. The van der Waals surface area contributed by atoms with Gasteiger partial charge in [0.25, 0.3) is 5.91 Å². The summed E-state index contributed by atoms with van der Waals surface area (Å²) in [6.07, 6.45) is -5.61. The van der Waals surface area contributed by atoms with Gasteiger partial charge in [-0.15, -0.1) is 0 Å². The van der Waals surface area contributed by atoms with Crippen LogP contribution in [-0.2, 0) is 0 Å². The molecule has 1 rings (SSSR count). The van der Waals surface area contributed by atoms with Crippen LogP contribution in [0, 0.1) is 10.1 Å². The van der Waals surface area contributed by atoms with Crippen LogP contribution in [0.4, 0.5) is 24.5 Å². The van der Waals surface area contributed by atoms with Gasteiger partial charge in [0.15, 0.2) is 0 Å². The average Bonchev–Trinajstić information content (AvgIpc) is 2.41. The fraction of sp³-hybridized carbons (Fsp3) is 0.364. The lowest BCUT2D eigenvalue weighted by Gasteiger charge is -2.18. The first-order chi connectivity index (χ1) is 9.67. The third-order valence-corrected chi connectivity index (χ3v) is 2.68. The second-order valence-corrected chi connectivity index (χ2v) is 4.20. The quantitative estimate of drug-likeness (QED) is 0.491. The zero-order chi connectivity index (χ0) is 16.2. The molecule has 0 aliphatic heterocycles. The van der Waals surface area contributed by atoms with E-state index in [0.717, 1.165) is 18.0 Å². The molecule has 0 aliphatic rings. The highest BCUT2D eigenvalue weighted by Gasteiger charge is 2.30. The number of amides is 1. The molecule has 0 radical (unpaired) electrons. The first-order valence-corrected chi connectivity index (χ1v) is 5.73. The number of hydrazine groups is 1. The lowest BCUT2D eigenvalue weighted by molar-refractivity contribution is -0.384. The van der Waals surface area contributed by atoms with Gasteiger partial charge in [0.05, 0.1) is 11.3 Å². The minimum atomic E-state index is -4.42. The molecule has 0 saturated heterocycles. The first kappa shape index (κ1) is 16.7. The number of nitrogens with one attached hydrogen (secondary N) is 1. The van der Waals surface area contributed by atoms with Gasteiger partial charge in [0.2, 0.25) is 0 Å². The van der Waals surface area contributed by atoms with Crippen LogP contribution in [0.15, 0.2) is 18.2 Å². The van der Waals surface area contributed by atoms with Crippen LogP contribution in [0.1, 0.15) is 16.8 Å². The number of hydrogen-bond acceptors (Lipinski definition) is 5. The van der Waals surface area contributed by atoms with Gasteiger partial charge in [0.1, 0.15) is 11.3 Å². The number of anilines is 1. The standard InChI is InChI=1S/C11H13F3N4O3/c1-17(6-5-11(12,13)14)10(19)7-3-2-4-8(16-15)9(7)18(20)21/h2-4,16H,5-6,15H2,1H3. The van der Waals surface area contributed by atoms with Crippen LogP contribution >= 0.6 is 0 Å². The maximum atomic E-state index is 12.1. The van der Waals surface area contributed by atoms with Crippen molar-refractivity contribution < 1.29 is 22.9 Å². The molecule has 21 heavy (non-hydrogen) atoms. The van der Waals surface area contributed by atoms with E-state index in [1.54, 1.807) is 0 Å². The normalized spacial score (nSPS) is 11.1. The Bertz CT molecular complexity index is 548. The number of halogens is 3. The second-order valence-electron chi connectivity index (χ2n) is 4.20. The molecule has 7 nitrogen and oxygen atoms in total. The van der Waals surface area contributed by atoms with E-state index in [1.807, 2.05) is 0 Å². The van der Waals surface area contributed by atoms with Crippen LogP contribution < -0.4 is 11.3 Å². The maximum absolute atomic E-state index is 12.1. The SMILES string of the molecule is CN(CCC(F)(F)F)C(=O)c1cccc(NN)c1[N+](=O)[O-]. The third kappa shape index (κ3) is 4.31. The zero-order valence-electron chi connectivity index (χ0n) is 11.0. The van der Waals surface area contributed by atoms with Gasteiger partial charge in [-0.05, 0) is 12.1 Å². The van der Waals surface area contributed by atoms with Crippen molar-refractivity contribution in [2.75, 3.05) is 19.0 Å². The number of rotatable bonds is 5. The van der Waals surface area contributed by atoms with Gasteiger partial charge in [-0.1, -0.05) is 6.07 Å². The largest absolute Gasteiger partial charge is 0.390 e. The highest BCUT2D eigenvalue weighted by molar-refractivity contribution is 6.00. The van der Waals surface area contributed by atoms with Crippen molar-refractivity contribution in [1.82, 2.24) is 4.90 Å². The molecule has 0 bridgehead atoms. The molecule has 0 heterocycles. The van der Waals surface area contributed by atoms with Crippen LogP contribution in [0.25, 0.3) is 0 Å². The van der Waals surface area contributed by atoms with Crippen LogP contribution in [0.5, 0.6) is 0 Å². The minimum Gasteiger partial charge on any atom is -0.341 e. The number of benzene rings is 1. The number of alkyl halides is 3. The zero-order valence-corrected chi connectivity index (χ0v) is 11.0. The van der Waals surface area contributed by atoms with Crippen molar-refractivity contribution in [2.45, 2.75) is 12.6 Å². The summed E-state index contributed by atoms with van der Waals surface area (Å²) in [4.78, 5) is 23.0. The molecule has 0 saturated carbocycles. The Kier molecular flexibility index (Phi) is 5.08. The Hall–Kier alpha value is -2.36. The van der Waals surface area contributed by atoms with Gasteiger partial charge in [-0.3, -0.25) is 20.8 Å². The van der Waals surface area contributed by atoms with Crippen LogP contribution in [-0.4, -0.2) is 35.5 Å². The molecule has 0 unspecified atom stereocenters. The van der Waals surface area contributed by atoms with E-state index in [0.29, 0.717) is 0 Å². The fourth-order valence-corrected chi connectivity index (χ4v) is 1.63. The van der Waals surface area contributed by atoms with E-state index in [4.69, 9.17) is 5.84 Å². The predicted octanol–water partition coefficient (Wildman–Crippen LogP) is 1.90. The topological polar surface area (TPSA) is 102 Å². The summed E-state index contributed by atoms with van der Waals surface area (Å²) in [5.41, 5.74) is 1.06. The van der Waals surface area contributed by atoms with Crippen molar-refractivity contribution in [3.63, 3.8) is 0 Å². The number of carbonyl (C=O) groups excluding carboxylic acids is 1. The second kappa shape index (κ2) is 6.39. The summed E-state index contributed by atoms with van der Waals surface area (Å²) < 4.78 is 36.4. The molecule has 116 valence electrons. The first-order valence-electron chi connectivity index (χ1n) is 5.73. The number of nitro groups is 1. The number of nitrogen functional groups attached to an aromatic ring is 1. The van der Waals surface area contributed by atoms with Gasteiger partial charge in [0, 0.05) is 13.6 Å². The summed E-state index contributed by atoms with van der Waals surface area (Å²) in [7, 11) is 1.14. The lowest BCUT2D eigenvalue weighted by atomic mass is 10.1. The molecule has 10 heteroatoms. The van der Waals surface area contributed by atoms with Crippen molar-refractivity contribution in [3.8, 4) is 0 Å². The van der Waals surface area contributed by atoms with Gasteiger partial charge in [-0.25, -0.2) is 0 Å². The van der Waals surface area contributed by atoms with E-state index >= 15 is 0 Å². The molecule has 1 aromatic rings. The van der Waals surface area contributed by atoms with Gasteiger partial charge >= 0.3 is 11.9 Å². The van der Waals surface area contributed by atoms with E-state index < -0.39 is 35.7 Å².